The summed E-state index contributed by atoms with van der Waals surface area (Å²) in [4.78, 5) is 15.8. The number of hydrogen-bond donors (Lipinski definition) is 2. The molecule has 1 saturated heterocycles. The Labute approximate surface area is 213 Å². The van der Waals surface area contributed by atoms with Crippen LogP contribution in [0, 0.1) is 29.1 Å². The quantitative estimate of drug-likeness (QED) is 0.265. The van der Waals surface area contributed by atoms with E-state index in [1.54, 1.807) is 7.11 Å². The molecule has 0 aromatic carbocycles. The fraction of sp³-hybridized carbons (Fsp3) is 0.821. The van der Waals surface area contributed by atoms with Crippen LogP contribution in [0.1, 0.15) is 59.8 Å². The number of nitrogens with zero attached hydrogens (tertiary/aromatic N) is 1. The first-order chi connectivity index (χ1) is 16.2. The Balaban J connectivity index is 1.52. The minimum absolute atomic E-state index is 0.0392. The molecule has 0 aromatic rings. The maximum atomic E-state index is 13.2. The minimum Gasteiger partial charge on any atom is -0.383 e. The molecule has 34 heavy (non-hydrogen) atoms. The predicted molar refractivity (Wildman–Crippen MR) is 142 cm³/mol. The minimum atomic E-state index is 0.0392. The number of alkyl halides is 1. The van der Waals surface area contributed by atoms with Gasteiger partial charge in [-0.25, -0.2) is 0 Å². The van der Waals surface area contributed by atoms with Gasteiger partial charge in [0.05, 0.1) is 12.0 Å². The maximum Gasteiger partial charge on any atom is 0.223 e. The second kappa shape index (κ2) is 12.9. The van der Waals surface area contributed by atoms with E-state index in [0.29, 0.717) is 24.4 Å². The molecular weight excluding hydrogens is 446 g/mol. The zero-order valence-corrected chi connectivity index (χ0v) is 22.8. The van der Waals surface area contributed by atoms with Crippen molar-refractivity contribution >= 4 is 17.5 Å². The number of allylic oxidation sites excluding steroid dienone is 3. The van der Waals surface area contributed by atoms with Crippen molar-refractivity contribution in [1.82, 2.24) is 15.5 Å². The lowest BCUT2D eigenvalue weighted by molar-refractivity contribution is -0.126. The molecule has 0 spiro atoms. The fourth-order valence-corrected chi connectivity index (χ4v) is 6.39. The van der Waals surface area contributed by atoms with Crippen LogP contribution in [-0.4, -0.2) is 68.2 Å². The summed E-state index contributed by atoms with van der Waals surface area (Å²) in [6.45, 7) is 13.9. The molecule has 2 N–H and O–H groups in total. The smallest absolute Gasteiger partial charge is 0.223 e. The molecule has 3 aliphatic rings. The van der Waals surface area contributed by atoms with Gasteiger partial charge < -0.3 is 20.3 Å². The van der Waals surface area contributed by atoms with Gasteiger partial charge in [0, 0.05) is 44.7 Å². The van der Waals surface area contributed by atoms with Gasteiger partial charge in [0.2, 0.25) is 5.91 Å². The summed E-state index contributed by atoms with van der Waals surface area (Å²) in [6, 6.07) is 0.428. The number of rotatable bonds is 10. The molecular formula is C28H48ClN3O2. The van der Waals surface area contributed by atoms with Crippen molar-refractivity contribution in [1.29, 1.82) is 0 Å². The number of hydrogen-bond acceptors (Lipinski definition) is 4. The van der Waals surface area contributed by atoms with Crippen LogP contribution in [0.4, 0.5) is 0 Å². The van der Waals surface area contributed by atoms with Crippen molar-refractivity contribution in [3.05, 3.63) is 24.3 Å². The van der Waals surface area contributed by atoms with Crippen molar-refractivity contribution in [3.63, 3.8) is 0 Å². The van der Waals surface area contributed by atoms with E-state index in [9.17, 15) is 4.79 Å². The molecule has 6 heteroatoms. The van der Waals surface area contributed by atoms with E-state index < -0.39 is 0 Å². The summed E-state index contributed by atoms with van der Waals surface area (Å²) >= 11 is 6.29. The summed E-state index contributed by atoms with van der Waals surface area (Å²) in [6.07, 6.45) is 14.2. The second-order valence-electron chi connectivity index (χ2n) is 11.8. The fourth-order valence-electron chi connectivity index (χ4n) is 6.18. The number of methoxy groups -OCH3 is 1. The molecule has 0 bridgehead atoms. The molecule has 3 rings (SSSR count). The molecule has 6 atom stereocenters. The molecule has 5 nitrogen and oxygen atoms in total. The van der Waals surface area contributed by atoms with Crippen molar-refractivity contribution in [2.45, 2.75) is 77.3 Å². The monoisotopic (exact) mass is 493 g/mol. The lowest BCUT2D eigenvalue weighted by Crippen LogP contribution is -2.54. The topological polar surface area (TPSA) is 53.6 Å². The molecule has 194 valence electrons. The maximum absolute atomic E-state index is 13.2. The van der Waals surface area contributed by atoms with E-state index >= 15 is 0 Å². The molecule has 0 radical (unpaired) electrons. The Bertz CT molecular complexity index is 708. The summed E-state index contributed by atoms with van der Waals surface area (Å²) < 4.78 is 5.14. The van der Waals surface area contributed by atoms with Crippen LogP contribution in [0.3, 0.4) is 0 Å². The van der Waals surface area contributed by atoms with Crippen LogP contribution in [0.15, 0.2) is 24.3 Å². The standard InChI is InChI=1S/C28H48ClN3O2/c1-20(2)26(31-27(33)22-7-6-8-24(17-22)30-14-16-34-5)18-32-15-13-25(28(3,4)19-32)21-9-11-23(29)12-10-21/h6,8-9,11,20-26,30H,7,10,12-19H2,1-5H3,(H,31,33)/t21?,22?,23?,24?,25?,26-/m0/s1. The van der Waals surface area contributed by atoms with Gasteiger partial charge in [-0.05, 0) is 61.8 Å². The number of carbonyl (C=O) groups is 1. The zero-order chi connectivity index (χ0) is 24.7. The van der Waals surface area contributed by atoms with Crippen molar-refractivity contribution in [2.24, 2.45) is 29.1 Å². The lowest BCUT2D eigenvalue weighted by atomic mass is 9.65. The Kier molecular flexibility index (Phi) is 10.5. The lowest BCUT2D eigenvalue weighted by Gasteiger charge is -2.48. The number of ether oxygens (including phenoxy) is 1. The van der Waals surface area contributed by atoms with Gasteiger partial charge in [-0.3, -0.25) is 4.79 Å². The summed E-state index contributed by atoms with van der Waals surface area (Å²) in [5.74, 6) is 2.00. The number of carbonyl (C=O) groups excluding carboxylic acids is 1. The highest BCUT2D eigenvalue weighted by atomic mass is 35.5. The van der Waals surface area contributed by atoms with Gasteiger partial charge in [0.1, 0.15) is 0 Å². The second-order valence-corrected chi connectivity index (χ2v) is 12.3. The number of amides is 1. The van der Waals surface area contributed by atoms with Gasteiger partial charge >= 0.3 is 0 Å². The average molecular weight is 494 g/mol. The van der Waals surface area contributed by atoms with Crippen molar-refractivity contribution < 1.29 is 9.53 Å². The average Bonchev–Trinajstić information content (AvgIpc) is 2.79. The van der Waals surface area contributed by atoms with Crippen LogP contribution >= 0.6 is 11.6 Å². The Hall–Kier alpha value is -0.880. The predicted octanol–water partition coefficient (Wildman–Crippen LogP) is 4.62. The first kappa shape index (κ1) is 27.7. The summed E-state index contributed by atoms with van der Waals surface area (Å²) in [5, 5.41) is 7.13. The van der Waals surface area contributed by atoms with Crippen LogP contribution in [0.25, 0.3) is 0 Å². The zero-order valence-electron chi connectivity index (χ0n) is 22.1. The third-order valence-corrected chi connectivity index (χ3v) is 8.61. The van der Waals surface area contributed by atoms with E-state index in [4.69, 9.17) is 16.3 Å². The van der Waals surface area contributed by atoms with E-state index in [-0.39, 0.29) is 34.7 Å². The highest BCUT2D eigenvalue weighted by molar-refractivity contribution is 6.21. The van der Waals surface area contributed by atoms with E-state index in [1.165, 1.54) is 12.8 Å². The Morgan fingerprint density at radius 2 is 2.00 bits per heavy atom. The molecule has 1 aliphatic heterocycles. The molecule has 1 amide bonds. The normalized spacial score (nSPS) is 32.6. The molecule has 2 aliphatic carbocycles. The van der Waals surface area contributed by atoms with Crippen LogP contribution in [0.2, 0.25) is 0 Å². The molecule has 0 saturated carbocycles. The summed E-state index contributed by atoms with van der Waals surface area (Å²) in [5.41, 5.74) is 0.257. The number of likely N-dealkylation sites (tertiary alicyclic amines) is 1. The van der Waals surface area contributed by atoms with Gasteiger partial charge in [0.25, 0.3) is 0 Å². The highest BCUT2D eigenvalue weighted by Gasteiger charge is 2.40. The van der Waals surface area contributed by atoms with Gasteiger partial charge in [-0.15, -0.1) is 11.6 Å². The van der Waals surface area contributed by atoms with Crippen molar-refractivity contribution in [2.75, 3.05) is 39.9 Å². The van der Waals surface area contributed by atoms with Gasteiger partial charge in [-0.1, -0.05) is 52.0 Å². The summed E-state index contributed by atoms with van der Waals surface area (Å²) in [7, 11) is 1.72. The van der Waals surface area contributed by atoms with E-state index in [2.05, 4.69) is 67.5 Å². The third-order valence-electron chi connectivity index (χ3n) is 8.25. The SMILES string of the molecule is COCCNC1C=CCC(C(=O)N[C@@H](CN2CCC(C3C=CC(Cl)CC3)C(C)(C)C2)C(C)C)C1. The number of halogens is 1. The molecule has 1 heterocycles. The largest absolute Gasteiger partial charge is 0.383 e. The van der Waals surface area contributed by atoms with Crippen LogP contribution in [0.5, 0.6) is 0 Å². The van der Waals surface area contributed by atoms with Crippen molar-refractivity contribution in [3.8, 4) is 0 Å². The Morgan fingerprint density at radius 1 is 1.21 bits per heavy atom. The van der Waals surface area contributed by atoms with Crippen LogP contribution in [-0.2, 0) is 9.53 Å². The molecule has 0 aromatic heterocycles. The molecule has 1 fully saturated rings. The number of nitrogens with one attached hydrogen (secondary N) is 2. The number of piperidine rings is 1. The first-order valence-corrected chi connectivity index (χ1v) is 13.9. The Morgan fingerprint density at radius 3 is 2.65 bits per heavy atom. The third kappa shape index (κ3) is 7.81. The first-order valence-electron chi connectivity index (χ1n) is 13.4. The van der Waals surface area contributed by atoms with E-state index in [0.717, 1.165) is 45.4 Å². The van der Waals surface area contributed by atoms with Gasteiger partial charge in [-0.2, -0.15) is 0 Å². The van der Waals surface area contributed by atoms with E-state index in [1.807, 2.05) is 0 Å². The highest BCUT2D eigenvalue weighted by Crippen LogP contribution is 2.43. The van der Waals surface area contributed by atoms with Gasteiger partial charge in [0.15, 0.2) is 0 Å². The molecule has 5 unspecified atom stereocenters. The van der Waals surface area contributed by atoms with Crippen LogP contribution < -0.4 is 10.6 Å².